The first kappa shape index (κ1) is 32.5. The third kappa shape index (κ3) is 11.8. The van der Waals surface area contributed by atoms with Crippen LogP contribution in [0, 0.1) is 0 Å². The van der Waals surface area contributed by atoms with Gasteiger partial charge in [-0.2, -0.15) is 8.42 Å². The van der Waals surface area contributed by atoms with Gasteiger partial charge < -0.3 is 20.1 Å². The van der Waals surface area contributed by atoms with Crippen LogP contribution in [0.5, 0.6) is 0 Å². The Morgan fingerprint density at radius 2 is 1.69 bits per heavy atom. The van der Waals surface area contributed by atoms with Crippen molar-refractivity contribution in [2.24, 2.45) is 0 Å². The van der Waals surface area contributed by atoms with Crippen molar-refractivity contribution >= 4 is 45.8 Å². The van der Waals surface area contributed by atoms with Gasteiger partial charge in [0.25, 0.3) is 6.47 Å². The molecule has 0 fully saturated rings. The summed E-state index contributed by atoms with van der Waals surface area (Å²) in [5, 5.41) is 7.98. The number of alkyl carbamates (subject to hydrolysis) is 1. The van der Waals surface area contributed by atoms with E-state index in [-0.39, 0.29) is 31.0 Å². The predicted octanol–water partition coefficient (Wildman–Crippen LogP) is 3.61. The average Bonchev–Trinajstić information content (AvgIpc) is 3.35. The molecule has 226 valence electrons. The molecule has 12 nitrogen and oxygen atoms in total. The number of thiazole rings is 1. The smallest absolute Gasteiger partial charge is 0.408 e. The molecule has 3 aromatic rings. The third-order valence-corrected chi connectivity index (χ3v) is 7.10. The van der Waals surface area contributed by atoms with Crippen molar-refractivity contribution in [1.29, 1.82) is 0 Å². The van der Waals surface area contributed by atoms with E-state index >= 15 is 0 Å². The van der Waals surface area contributed by atoms with Gasteiger partial charge in [-0.15, -0.1) is 11.3 Å². The number of carbonyl (C=O) groups is 3. The van der Waals surface area contributed by atoms with Crippen LogP contribution in [0.15, 0.2) is 60.0 Å². The van der Waals surface area contributed by atoms with Gasteiger partial charge in [0, 0.05) is 5.38 Å². The number of benzene rings is 2. The molecule has 0 spiro atoms. The molecule has 2 aromatic carbocycles. The van der Waals surface area contributed by atoms with Crippen LogP contribution >= 0.6 is 11.3 Å². The fourth-order valence-corrected chi connectivity index (χ4v) is 5.26. The number of nitrogens with one attached hydrogen (secondary N) is 3. The molecule has 4 N–H and O–H groups in total. The summed E-state index contributed by atoms with van der Waals surface area (Å²) in [7, 11) is -4.41. The van der Waals surface area contributed by atoms with Gasteiger partial charge in [-0.25, -0.2) is 9.78 Å². The fraction of sp³-hybridized carbons (Fsp3) is 0.357. The molecule has 2 amide bonds. The number of aromatic nitrogens is 1. The summed E-state index contributed by atoms with van der Waals surface area (Å²) in [5.74, 6) is -0.305. The zero-order chi connectivity index (χ0) is 30.8. The molecule has 14 heteroatoms. The third-order valence-electron chi connectivity index (χ3n) is 5.60. The standard InChI is InChI=1S/C28H34N4O8S2/c1-28(2,3)40-27(35)31-24(14-20-9-11-21(12-10-20)32-42(36,37)38)26-30-23(17-41-26)15-25(34)29-22(16-39-18-33)13-19-7-5-4-6-8-19/h4-12,17-18,22,24,32H,13-16H2,1-3H3,(H,29,34)(H,31,35)(H,36,37,38)/t22-,24-/m0/s1. The lowest BCUT2D eigenvalue weighted by Gasteiger charge is -2.23. The Balaban J connectivity index is 1.72. The molecule has 3 rings (SSSR count). The summed E-state index contributed by atoms with van der Waals surface area (Å²) in [4.78, 5) is 40.8. The van der Waals surface area contributed by atoms with Crippen molar-refractivity contribution in [1.82, 2.24) is 15.6 Å². The van der Waals surface area contributed by atoms with Crippen LogP contribution in [0.3, 0.4) is 0 Å². The second-order valence-electron chi connectivity index (χ2n) is 10.4. The lowest BCUT2D eigenvalue weighted by atomic mass is 10.1. The highest BCUT2D eigenvalue weighted by atomic mass is 32.2. The lowest BCUT2D eigenvalue weighted by Crippen LogP contribution is -2.40. The van der Waals surface area contributed by atoms with E-state index in [1.54, 1.807) is 38.3 Å². The molecule has 1 heterocycles. The molecule has 0 aliphatic rings. The van der Waals surface area contributed by atoms with Gasteiger partial charge in [-0.3, -0.25) is 18.9 Å². The summed E-state index contributed by atoms with van der Waals surface area (Å²) in [6.45, 7) is 5.59. The van der Waals surface area contributed by atoms with Gasteiger partial charge in [0.05, 0.1) is 29.9 Å². The molecule has 0 saturated carbocycles. The average molecular weight is 619 g/mol. The molecule has 0 radical (unpaired) electrons. The van der Waals surface area contributed by atoms with Gasteiger partial charge in [-0.1, -0.05) is 42.5 Å². The molecule has 42 heavy (non-hydrogen) atoms. The van der Waals surface area contributed by atoms with Crippen LogP contribution in [0.25, 0.3) is 0 Å². The van der Waals surface area contributed by atoms with Crippen molar-refractivity contribution in [3.63, 3.8) is 0 Å². The number of ether oxygens (including phenoxy) is 2. The molecule has 0 bridgehead atoms. The van der Waals surface area contributed by atoms with Crippen LogP contribution in [-0.2, 0) is 48.6 Å². The Morgan fingerprint density at radius 1 is 1.02 bits per heavy atom. The minimum Gasteiger partial charge on any atom is -0.466 e. The van der Waals surface area contributed by atoms with Gasteiger partial charge in [0.15, 0.2) is 0 Å². The molecule has 1 aromatic heterocycles. The molecular weight excluding hydrogens is 584 g/mol. The highest BCUT2D eigenvalue weighted by Gasteiger charge is 2.24. The molecule has 0 saturated heterocycles. The maximum absolute atomic E-state index is 12.9. The number of amides is 2. The first-order chi connectivity index (χ1) is 19.8. The van der Waals surface area contributed by atoms with E-state index in [0.29, 0.717) is 23.6 Å². The maximum Gasteiger partial charge on any atom is 0.408 e. The van der Waals surface area contributed by atoms with Gasteiger partial charge in [-0.05, 0) is 56.9 Å². The van der Waals surface area contributed by atoms with E-state index in [1.807, 2.05) is 35.1 Å². The number of nitrogens with zero attached hydrogens (tertiary/aromatic N) is 1. The Labute approximate surface area is 248 Å². The van der Waals surface area contributed by atoms with Crippen LogP contribution in [0.4, 0.5) is 10.5 Å². The van der Waals surface area contributed by atoms with Crippen molar-refractivity contribution in [3.8, 4) is 0 Å². The minimum atomic E-state index is -4.41. The molecule has 0 unspecified atom stereocenters. The number of carbonyl (C=O) groups excluding carboxylic acids is 3. The van der Waals surface area contributed by atoms with Gasteiger partial charge in [0.2, 0.25) is 5.91 Å². The summed E-state index contributed by atoms with van der Waals surface area (Å²) in [6.07, 6.45) is 0.0825. The Bertz CT molecular complexity index is 1440. The second kappa shape index (κ2) is 14.8. The topological polar surface area (TPSA) is 173 Å². The lowest BCUT2D eigenvalue weighted by molar-refractivity contribution is -0.131. The van der Waals surface area contributed by atoms with Crippen molar-refractivity contribution in [2.75, 3.05) is 11.3 Å². The zero-order valence-electron chi connectivity index (χ0n) is 23.4. The van der Waals surface area contributed by atoms with E-state index in [2.05, 4.69) is 15.6 Å². The Morgan fingerprint density at radius 3 is 2.31 bits per heavy atom. The van der Waals surface area contributed by atoms with Crippen molar-refractivity contribution in [3.05, 3.63) is 81.8 Å². The van der Waals surface area contributed by atoms with E-state index in [1.165, 1.54) is 23.5 Å². The van der Waals surface area contributed by atoms with Crippen LogP contribution in [-0.4, -0.2) is 54.7 Å². The fourth-order valence-electron chi connectivity index (χ4n) is 3.96. The predicted molar refractivity (Wildman–Crippen MR) is 157 cm³/mol. The number of rotatable bonds is 14. The minimum absolute atomic E-state index is 0.0207. The molecule has 0 aliphatic carbocycles. The maximum atomic E-state index is 12.9. The first-order valence-corrected chi connectivity index (χ1v) is 15.3. The molecule has 2 atom stereocenters. The summed E-state index contributed by atoms with van der Waals surface area (Å²) in [5.41, 5.74) is 1.65. The van der Waals surface area contributed by atoms with E-state index in [9.17, 15) is 22.8 Å². The highest BCUT2D eigenvalue weighted by molar-refractivity contribution is 7.87. The molecular formula is C28H34N4O8S2. The normalized spacial score (nSPS) is 13.0. The quantitative estimate of drug-likeness (QED) is 0.155. The zero-order valence-corrected chi connectivity index (χ0v) is 25.0. The highest BCUT2D eigenvalue weighted by Crippen LogP contribution is 2.24. The summed E-state index contributed by atoms with van der Waals surface area (Å²) in [6, 6.07) is 14.7. The SMILES string of the molecule is CC(C)(C)OC(=O)N[C@@H](Cc1ccc(NS(=O)(=O)O)cc1)c1nc(CC(=O)N[C@H](COC=O)Cc2ccccc2)cs1. The van der Waals surface area contributed by atoms with Crippen molar-refractivity contribution < 1.29 is 36.8 Å². The molecule has 0 aliphatic heterocycles. The van der Waals surface area contributed by atoms with E-state index in [0.717, 1.165) is 11.1 Å². The van der Waals surface area contributed by atoms with Crippen LogP contribution < -0.4 is 15.4 Å². The Hall–Kier alpha value is -4.01. The van der Waals surface area contributed by atoms with Crippen LogP contribution in [0.1, 0.15) is 48.6 Å². The Kier molecular flexibility index (Phi) is 11.4. The van der Waals surface area contributed by atoms with E-state index in [4.69, 9.17) is 14.0 Å². The number of anilines is 1. The summed E-state index contributed by atoms with van der Waals surface area (Å²) >= 11 is 1.27. The largest absolute Gasteiger partial charge is 0.466 e. The number of hydrogen-bond acceptors (Lipinski definition) is 9. The van der Waals surface area contributed by atoms with E-state index < -0.39 is 34.1 Å². The number of hydrogen-bond donors (Lipinski definition) is 4. The second-order valence-corrected chi connectivity index (χ2v) is 12.5. The van der Waals surface area contributed by atoms with Gasteiger partial charge >= 0.3 is 16.4 Å². The monoisotopic (exact) mass is 618 g/mol. The van der Waals surface area contributed by atoms with Crippen LogP contribution in [0.2, 0.25) is 0 Å². The van der Waals surface area contributed by atoms with Crippen molar-refractivity contribution in [2.45, 2.75) is 57.7 Å². The van der Waals surface area contributed by atoms with Gasteiger partial charge in [0.1, 0.15) is 17.2 Å². The first-order valence-electron chi connectivity index (χ1n) is 13.0. The summed E-state index contributed by atoms with van der Waals surface area (Å²) < 4.78 is 43.4.